The van der Waals surface area contributed by atoms with Gasteiger partial charge < -0.3 is 5.73 Å². The number of benzene rings is 1. The van der Waals surface area contributed by atoms with Crippen molar-refractivity contribution in [2.75, 3.05) is 12.3 Å². The van der Waals surface area contributed by atoms with Crippen molar-refractivity contribution < 1.29 is 8.42 Å². The molecule has 0 unspecified atom stereocenters. The van der Waals surface area contributed by atoms with Crippen molar-refractivity contribution in [3.05, 3.63) is 24.3 Å². The topological polar surface area (TPSA) is 63.4 Å². The average molecular weight is 254 g/mol. The van der Waals surface area contributed by atoms with Crippen molar-refractivity contribution in [3.63, 3.8) is 0 Å². The molecule has 1 heterocycles. The zero-order valence-electron chi connectivity index (χ0n) is 9.96. The lowest BCUT2D eigenvalue weighted by atomic mass is 10.1. The summed E-state index contributed by atoms with van der Waals surface area (Å²) < 4.78 is 26.4. The molecule has 0 bridgehead atoms. The van der Waals surface area contributed by atoms with Gasteiger partial charge in [-0.2, -0.15) is 4.31 Å². The average Bonchev–Trinajstić information content (AvgIpc) is 2.29. The molecule has 0 amide bonds. The minimum Gasteiger partial charge on any atom is -0.399 e. The molecule has 0 radical (unpaired) electrons. The molecule has 1 atom stereocenters. The Morgan fingerprint density at radius 1 is 1.35 bits per heavy atom. The zero-order chi connectivity index (χ0) is 12.5. The molecule has 2 N–H and O–H groups in total. The first-order valence-corrected chi connectivity index (χ1v) is 7.33. The van der Waals surface area contributed by atoms with Crippen LogP contribution in [0.1, 0.15) is 26.2 Å². The van der Waals surface area contributed by atoms with Crippen LogP contribution in [0.5, 0.6) is 0 Å². The highest BCUT2D eigenvalue weighted by molar-refractivity contribution is 7.89. The van der Waals surface area contributed by atoms with E-state index in [0.29, 0.717) is 17.1 Å². The van der Waals surface area contributed by atoms with Crippen LogP contribution in [0.15, 0.2) is 29.2 Å². The molecule has 94 valence electrons. The fourth-order valence-corrected chi connectivity index (χ4v) is 3.99. The van der Waals surface area contributed by atoms with Crippen molar-refractivity contribution in [1.82, 2.24) is 4.31 Å². The van der Waals surface area contributed by atoms with Crippen molar-refractivity contribution >= 4 is 15.7 Å². The molecule has 0 aromatic heterocycles. The molecule has 1 aliphatic rings. The molecule has 2 rings (SSSR count). The number of hydrogen-bond donors (Lipinski definition) is 1. The van der Waals surface area contributed by atoms with E-state index < -0.39 is 10.0 Å². The second-order valence-corrected chi connectivity index (χ2v) is 6.42. The third kappa shape index (κ3) is 2.45. The predicted octanol–water partition coefficient (Wildman–Crippen LogP) is 1.83. The number of nitrogen functional groups attached to an aromatic ring is 1. The molecular formula is C12H18N2O2S. The first-order valence-electron chi connectivity index (χ1n) is 5.89. The van der Waals surface area contributed by atoms with Crippen LogP contribution < -0.4 is 5.73 Å². The van der Waals surface area contributed by atoms with Crippen molar-refractivity contribution in [1.29, 1.82) is 0 Å². The zero-order valence-corrected chi connectivity index (χ0v) is 10.8. The summed E-state index contributed by atoms with van der Waals surface area (Å²) in [5.41, 5.74) is 6.12. The van der Waals surface area contributed by atoms with E-state index in [4.69, 9.17) is 5.73 Å². The molecule has 5 heteroatoms. The van der Waals surface area contributed by atoms with Crippen molar-refractivity contribution in [3.8, 4) is 0 Å². The molecule has 0 spiro atoms. The van der Waals surface area contributed by atoms with Crippen LogP contribution in [-0.4, -0.2) is 25.3 Å². The van der Waals surface area contributed by atoms with Crippen LogP contribution in [-0.2, 0) is 10.0 Å². The molecule has 1 fully saturated rings. The summed E-state index contributed by atoms with van der Waals surface area (Å²) in [6.07, 6.45) is 2.97. The Morgan fingerprint density at radius 3 is 2.76 bits per heavy atom. The van der Waals surface area contributed by atoms with Gasteiger partial charge in [-0.05, 0) is 38.0 Å². The lowest BCUT2D eigenvalue weighted by molar-refractivity contribution is 0.268. The SMILES string of the molecule is C[C@@H]1CCCCN1S(=O)(=O)c1cccc(N)c1. The number of piperidine rings is 1. The van der Waals surface area contributed by atoms with Crippen LogP contribution in [0, 0.1) is 0 Å². The van der Waals surface area contributed by atoms with Gasteiger partial charge in [0.25, 0.3) is 0 Å². The Labute approximate surface area is 102 Å². The van der Waals surface area contributed by atoms with Gasteiger partial charge in [-0.25, -0.2) is 8.42 Å². The minimum atomic E-state index is -3.38. The number of rotatable bonds is 2. The van der Waals surface area contributed by atoms with Gasteiger partial charge >= 0.3 is 0 Å². The quantitative estimate of drug-likeness (QED) is 0.819. The molecule has 4 nitrogen and oxygen atoms in total. The molecule has 1 aliphatic heterocycles. The monoisotopic (exact) mass is 254 g/mol. The van der Waals surface area contributed by atoms with Gasteiger partial charge in [0.2, 0.25) is 10.0 Å². The number of sulfonamides is 1. The largest absolute Gasteiger partial charge is 0.399 e. The van der Waals surface area contributed by atoms with E-state index in [1.807, 2.05) is 6.92 Å². The van der Waals surface area contributed by atoms with E-state index in [0.717, 1.165) is 19.3 Å². The lowest BCUT2D eigenvalue weighted by Gasteiger charge is -2.32. The van der Waals surface area contributed by atoms with E-state index in [1.165, 1.54) is 6.07 Å². The summed E-state index contributed by atoms with van der Waals surface area (Å²) in [4.78, 5) is 0.297. The Balaban J connectivity index is 2.35. The van der Waals surface area contributed by atoms with Crippen molar-refractivity contribution in [2.45, 2.75) is 37.1 Å². The van der Waals surface area contributed by atoms with Gasteiger partial charge in [-0.1, -0.05) is 12.5 Å². The van der Waals surface area contributed by atoms with Gasteiger partial charge in [0.15, 0.2) is 0 Å². The van der Waals surface area contributed by atoms with Gasteiger partial charge in [-0.3, -0.25) is 0 Å². The second kappa shape index (κ2) is 4.66. The van der Waals surface area contributed by atoms with Crippen LogP contribution in [0.4, 0.5) is 5.69 Å². The molecule has 1 saturated heterocycles. The number of nitrogens with two attached hydrogens (primary N) is 1. The smallest absolute Gasteiger partial charge is 0.243 e. The number of hydrogen-bond acceptors (Lipinski definition) is 3. The Bertz CT molecular complexity index is 499. The summed E-state index contributed by atoms with van der Waals surface area (Å²) in [5, 5.41) is 0. The van der Waals surface area contributed by atoms with Crippen molar-refractivity contribution in [2.24, 2.45) is 0 Å². The number of nitrogens with zero attached hydrogens (tertiary/aromatic N) is 1. The highest BCUT2D eigenvalue weighted by atomic mass is 32.2. The van der Waals surface area contributed by atoms with Gasteiger partial charge in [0.05, 0.1) is 4.90 Å². The van der Waals surface area contributed by atoms with Gasteiger partial charge in [0.1, 0.15) is 0 Å². The standard InChI is InChI=1S/C12H18N2O2S/c1-10-5-2-3-8-14(10)17(15,16)12-7-4-6-11(13)9-12/h4,6-7,9-10H,2-3,5,8,13H2,1H3/t10-/m1/s1. The Kier molecular flexibility index (Phi) is 3.40. The van der Waals surface area contributed by atoms with Crippen LogP contribution in [0.2, 0.25) is 0 Å². The first kappa shape index (κ1) is 12.4. The summed E-state index contributed by atoms with van der Waals surface area (Å²) in [7, 11) is -3.38. The third-order valence-corrected chi connectivity index (χ3v) is 5.22. The third-order valence-electron chi connectivity index (χ3n) is 3.21. The van der Waals surface area contributed by atoms with E-state index in [9.17, 15) is 8.42 Å². The van der Waals surface area contributed by atoms with Crippen LogP contribution >= 0.6 is 0 Å². The molecule has 1 aromatic carbocycles. The van der Waals surface area contributed by atoms with E-state index in [-0.39, 0.29) is 6.04 Å². The normalized spacial score (nSPS) is 22.5. The fourth-order valence-electron chi connectivity index (χ4n) is 2.24. The second-order valence-electron chi connectivity index (χ2n) is 4.53. The van der Waals surface area contributed by atoms with Crippen LogP contribution in [0.25, 0.3) is 0 Å². The highest BCUT2D eigenvalue weighted by Gasteiger charge is 2.30. The number of anilines is 1. The summed E-state index contributed by atoms with van der Waals surface area (Å²) in [6.45, 7) is 2.57. The highest BCUT2D eigenvalue weighted by Crippen LogP contribution is 2.25. The van der Waals surface area contributed by atoms with E-state index in [2.05, 4.69) is 0 Å². The molecule has 0 aliphatic carbocycles. The summed E-state index contributed by atoms with van der Waals surface area (Å²) in [6, 6.07) is 6.58. The maximum Gasteiger partial charge on any atom is 0.243 e. The fraction of sp³-hybridized carbons (Fsp3) is 0.500. The summed E-state index contributed by atoms with van der Waals surface area (Å²) in [5.74, 6) is 0. The van der Waals surface area contributed by atoms with E-state index >= 15 is 0 Å². The minimum absolute atomic E-state index is 0.0789. The Hall–Kier alpha value is -1.07. The van der Waals surface area contributed by atoms with Gasteiger partial charge in [-0.15, -0.1) is 0 Å². The predicted molar refractivity (Wildman–Crippen MR) is 68.1 cm³/mol. The molecule has 0 saturated carbocycles. The summed E-state index contributed by atoms with van der Waals surface area (Å²) >= 11 is 0. The lowest BCUT2D eigenvalue weighted by Crippen LogP contribution is -2.41. The molecule has 17 heavy (non-hydrogen) atoms. The Morgan fingerprint density at radius 2 is 2.12 bits per heavy atom. The van der Waals surface area contributed by atoms with Crippen LogP contribution in [0.3, 0.4) is 0 Å². The molecule has 1 aromatic rings. The van der Waals surface area contributed by atoms with Gasteiger partial charge in [0, 0.05) is 18.3 Å². The van der Waals surface area contributed by atoms with E-state index in [1.54, 1.807) is 22.5 Å². The maximum atomic E-state index is 12.4. The molecular weight excluding hydrogens is 236 g/mol. The first-order chi connectivity index (χ1) is 8.01. The maximum absolute atomic E-state index is 12.4.